The molecule has 3 rings (SSSR count). The molecule has 0 radical (unpaired) electrons. The number of nitrogens with one attached hydrogen (secondary N) is 1. The average molecular weight is 446 g/mol. The SMILES string of the molecule is COCCN1C(=O)c2ccc(C(=O)Nc3ccc(Br)cc3C(=O)[O-])cc2C1=O. The molecule has 0 atom stereocenters. The lowest BCUT2D eigenvalue weighted by atomic mass is 10.0. The molecule has 9 heteroatoms. The first-order valence-corrected chi connectivity index (χ1v) is 8.94. The van der Waals surface area contributed by atoms with Crippen LogP contribution in [0.2, 0.25) is 0 Å². The van der Waals surface area contributed by atoms with Gasteiger partial charge in [0.15, 0.2) is 0 Å². The Morgan fingerprint density at radius 1 is 1.11 bits per heavy atom. The number of aromatic carboxylic acids is 1. The Balaban J connectivity index is 1.87. The monoisotopic (exact) mass is 445 g/mol. The fourth-order valence-corrected chi connectivity index (χ4v) is 3.17. The summed E-state index contributed by atoms with van der Waals surface area (Å²) in [6.07, 6.45) is 0. The molecule has 0 saturated heterocycles. The Bertz CT molecular complexity index is 1000. The van der Waals surface area contributed by atoms with Gasteiger partial charge in [0.25, 0.3) is 17.7 Å². The van der Waals surface area contributed by atoms with Crippen LogP contribution in [0, 0.1) is 0 Å². The highest BCUT2D eigenvalue weighted by Gasteiger charge is 2.35. The molecule has 0 spiro atoms. The maximum Gasteiger partial charge on any atom is 0.261 e. The predicted octanol–water partition coefficient (Wildman–Crippen LogP) is 1.31. The van der Waals surface area contributed by atoms with Crippen molar-refractivity contribution in [1.82, 2.24) is 4.90 Å². The lowest BCUT2D eigenvalue weighted by Crippen LogP contribution is -2.32. The van der Waals surface area contributed by atoms with E-state index < -0.39 is 23.7 Å². The first-order chi connectivity index (χ1) is 13.3. The van der Waals surface area contributed by atoms with Crippen LogP contribution in [-0.2, 0) is 4.74 Å². The van der Waals surface area contributed by atoms with Gasteiger partial charge in [-0.3, -0.25) is 19.3 Å². The van der Waals surface area contributed by atoms with Gasteiger partial charge in [-0.05, 0) is 36.4 Å². The highest BCUT2D eigenvalue weighted by atomic mass is 79.9. The number of carbonyl (C=O) groups is 4. The van der Waals surface area contributed by atoms with Gasteiger partial charge in [0, 0.05) is 22.7 Å². The molecule has 0 saturated carbocycles. The third-order valence-corrected chi connectivity index (χ3v) is 4.69. The number of hydrogen-bond acceptors (Lipinski definition) is 6. The molecule has 0 aliphatic carbocycles. The van der Waals surface area contributed by atoms with E-state index in [0.29, 0.717) is 4.47 Å². The molecule has 2 aromatic carbocycles. The van der Waals surface area contributed by atoms with Gasteiger partial charge in [0.1, 0.15) is 0 Å². The van der Waals surface area contributed by atoms with Crippen molar-refractivity contribution in [3.05, 3.63) is 63.1 Å². The topological polar surface area (TPSA) is 116 Å². The summed E-state index contributed by atoms with van der Waals surface area (Å²) < 4.78 is 5.42. The van der Waals surface area contributed by atoms with E-state index in [-0.39, 0.29) is 41.1 Å². The minimum Gasteiger partial charge on any atom is -0.545 e. The number of halogens is 1. The van der Waals surface area contributed by atoms with Gasteiger partial charge in [0.05, 0.1) is 35.9 Å². The van der Waals surface area contributed by atoms with Gasteiger partial charge < -0.3 is 20.0 Å². The van der Waals surface area contributed by atoms with Crippen LogP contribution in [0.15, 0.2) is 40.9 Å². The predicted molar refractivity (Wildman–Crippen MR) is 100 cm³/mol. The number of carboxylic acids is 1. The highest BCUT2D eigenvalue weighted by molar-refractivity contribution is 9.10. The minimum atomic E-state index is -1.44. The normalized spacial score (nSPS) is 12.9. The van der Waals surface area contributed by atoms with Crippen LogP contribution >= 0.6 is 15.9 Å². The molecule has 0 unspecified atom stereocenters. The number of carbonyl (C=O) groups excluding carboxylic acids is 4. The summed E-state index contributed by atoms with van der Waals surface area (Å²) >= 11 is 3.16. The van der Waals surface area contributed by atoms with Gasteiger partial charge in [-0.15, -0.1) is 0 Å². The van der Waals surface area contributed by atoms with Gasteiger partial charge in [-0.2, -0.15) is 0 Å². The summed E-state index contributed by atoms with van der Waals surface area (Å²) in [6.45, 7) is 0.312. The standard InChI is InChI=1S/C19H15BrN2O6/c1-28-7-6-22-17(24)12-4-2-10(8-13(12)18(22)25)16(23)21-15-5-3-11(20)9-14(15)19(26)27/h2-5,8-9H,6-7H2,1H3,(H,21,23)(H,26,27)/p-1. The summed E-state index contributed by atoms with van der Waals surface area (Å²) in [5, 5.41) is 13.8. The van der Waals surface area contributed by atoms with Crippen LogP contribution in [0.5, 0.6) is 0 Å². The molecule has 0 fully saturated rings. The van der Waals surface area contributed by atoms with Gasteiger partial charge in [-0.1, -0.05) is 15.9 Å². The Morgan fingerprint density at radius 2 is 1.82 bits per heavy atom. The summed E-state index contributed by atoms with van der Waals surface area (Å²) in [7, 11) is 1.46. The van der Waals surface area contributed by atoms with Gasteiger partial charge >= 0.3 is 0 Å². The first-order valence-electron chi connectivity index (χ1n) is 8.15. The number of ether oxygens (including phenoxy) is 1. The molecule has 2 aromatic rings. The Kier molecular flexibility index (Phi) is 5.57. The fourth-order valence-electron chi connectivity index (χ4n) is 2.81. The van der Waals surface area contributed by atoms with Crippen molar-refractivity contribution in [3.8, 4) is 0 Å². The number of carboxylic acid groups (broad SMARTS) is 1. The second kappa shape index (κ2) is 7.91. The Hall–Kier alpha value is -3.04. The van der Waals surface area contributed by atoms with Gasteiger partial charge in [-0.25, -0.2) is 0 Å². The zero-order valence-electron chi connectivity index (χ0n) is 14.7. The van der Waals surface area contributed by atoms with Crippen molar-refractivity contribution in [2.24, 2.45) is 0 Å². The molecule has 0 bridgehead atoms. The zero-order valence-corrected chi connectivity index (χ0v) is 16.2. The van der Waals surface area contributed by atoms with E-state index in [0.717, 1.165) is 4.90 Å². The molecule has 1 N–H and O–H groups in total. The van der Waals surface area contributed by atoms with Gasteiger partial charge in [0.2, 0.25) is 0 Å². The zero-order chi connectivity index (χ0) is 20.4. The molecule has 3 amide bonds. The number of nitrogens with zero attached hydrogens (tertiary/aromatic N) is 1. The van der Waals surface area contributed by atoms with Crippen molar-refractivity contribution in [1.29, 1.82) is 0 Å². The van der Waals surface area contributed by atoms with Crippen LogP contribution in [-0.4, -0.2) is 48.9 Å². The minimum absolute atomic E-state index is 0.0535. The average Bonchev–Trinajstić information content (AvgIpc) is 2.91. The molecule has 1 aliphatic heterocycles. The second-order valence-electron chi connectivity index (χ2n) is 5.95. The van der Waals surface area contributed by atoms with Crippen molar-refractivity contribution < 1.29 is 29.0 Å². The number of methoxy groups -OCH3 is 1. The summed E-state index contributed by atoms with van der Waals surface area (Å²) in [5.74, 6) is -3.02. The quantitative estimate of drug-likeness (QED) is 0.669. The fraction of sp³-hybridized carbons (Fsp3) is 0.158. The van der Waals surface area contributed by atoms with Crippen LogP contribution < -0.4 is 10.4 Å². The maximum absolute atomic E-state index is 12.5. The Labute approximate surface area is 168 Å². The summed E-state index contributed by atoms with van der Waals surface area (Å²) in [6, 6.07) is 8.41. The third-order valence-electron chi connectivity index (χ3n) is 4.20. The van der Waals surface area contributed by atoms with Crippen LogP contribution in [0.25, 0.3) is 0 Å². The van der Waals surface area contributed by atoms with Crippen molar-refractivity contribution >= 4 is 45.3 Å². The van der Waals surface area contributed by atoms with E-state index in [1.165, 1.54) is 37.4 Å². The number of hydrogen-bond donors (Lipinski definition) is 1. The van der Waals surface area contributed by atoms with Crippen molar-refractivity contribution in [2.45, 2.75) is 0 Å². The molecule has 144 valence electrons. The number of rotatable bonds is 6. The van der Waals surface area contributed by atoms with Crippen LogP contribution in [0.3, 0.4) is 0 Å². The smallest absolute Gasteiger partial charge is 0.261 e. The van der Waals surface area contributed by atoms with E-state index in [1.54, 1.807) is 6.07 Å². The summed E-state index contributed by atoms with van der Waals surface area (Å²) in [5.41, 5.74) is 0.292. The van der Waals surface area contributed by atoms with E-state index in [4.69, 9.17) is 4.74 Å². The number of anilines is 1. The van der Waals surface area contributed by atoms with E-state index >= 15 is 0 Å². The van der Waals surface area contributed by atoms with Crippen LogP contribution in [0.1, 0.15) is 41.4 Å². The molecular formula is C19H14BrN2O6-. The molecule has 8 nitrogen and oxygen atoms in total. The largest absolute Gasteiger partial charge is 0.545 e. The van der Waals surface area contributed by atoms with Crippen molar-refractivity contribution in [3.63, 3.8) is 0 Å². The number of amides is 3. The van der Waals surface area contributed by atoms with Crippen LogP contribution in [0.4, 0.5) is 5.69 Å². The van der Waals surface area contributed by atoms with E-state index in [2.05, 4.69) is 21.2 Å². The number of benzene rings is 2. The number of fused-ring (bicyclic) bond motifs is 1. The molecule has 1 aliphatic rings. The third kappa shape index (κ3) is 3.67. The second-order valence-corrected chi connectivity index (χ2v) is 6.86. The molecular weight excluding hydrogens is 432 g/mol. The molecule has 28 heavy (non-hydrogen) atoms. The first kappa shape index (κ1) is 19.7. The maximum atomic E-state index is 12.5. The van der Waals surface area contributed by atoms with Crippen molar-refractivity contribution in [2.75, 3.05) is 25.6 Å². The lowest BCUT2D eigenvalue weighted by Gasteiger charge is -2.13. The van der Waals surface area contributed by atoms with E-state index in [1.807, 2.05) is 0 Å². The summed E-state index contributed by atoms with van der Waals surface area (Å²) in [4.78, 5) is 49.6. The molecule has 1 heterocycles. The molecule has 0 aromatic heterocycles. The number of imide groups is 1. The highest BCUT2D eigenvalue weighted by Crippen LogP contribution is 2.25. The van der Waals surface area contributed by atoms with E-state index in [9.17, 15) is 24.3 Å². The lowest BCUT2D eigenvalue weighted by molar-refractivity contribution is -0.254. The Morgan fingerprint density at radius 3 is 2.50 bits per heavy atom.